The zero-order chi connectivity index (χ0) is 14.8. The molecule has 1 aliphatic rings. The summed E-state index contributed by atoms with van der Waals surface area (Å²) in [5, 5.41) is 4.20. The van der Waals surface area contributed by atoms with Crippen molar-refractivity contribution in [3.8, 4) is 0 Å². The lowest BCUT2D eigenvalue weighted by molar-refractivity contribution is -0.121. The molecule has 0 spiro atoms. The maximum Gasteiger partial charge on any atom is 0.225 e. The van der Waals surface area contributed by atoms with Crippen LogP contribution in [0.5, 0.6) is 0 Å². The fourth-order valence-electron chi connectivity index (χ4n) is 2.97. The molecule has 2 atom stereocenters. The Morgan fingerprint density at radius 2 is 2.19 bits per heavy atom. The number of aromatic nitrogens is 1. The molecule has 2 aromatic rings. The number of amides is 1. The standard InChI is InChI=1S/C16H22N4O/c1-3-12-9-15(19-18-12)17-16(21)8-11-10-20(2)14-7-5-4-6-13(11)14/h4-7,10,12,15,18-19H,3,8-9H2,1-2H3,(H,17,21). The van der Waals surface area contributed by atoms with Crippen molar-refractivity contribution in [3.05, 3.63) is 36.0 Å². The molecule has 0 saturated carbocycles. The van der Waals surface area contributed by atoms with Gasteiger partial charge >= 0.3 is 0 Å². The van der Waals surface area contributed by atoms with Crippen LogP contribution < -0.4 is 16.2 Å². The molecule has 1 amide bonds. The van der Waals surface area contributed by atoms with Gasteiger partial charge in [-0.2, -0.15) is 0 Å². The monoisotopic (exact) mass is 286 g/mol. The zero-order valence-corrected chi connectivity index (χ0v) is 12.5. The normalized spacial score (nSPS) is 21.8. The average Bonchev–Trinajstić information content (AvgIpc) is 3.05. The molecule has 0 aliphatic carbocycles. The first-order valence-electron chi connectivity index (χ1n) is 7.50. The number of rotatable bonds is 4. The Kier molecular flexibility index (Phi) is 3.94. The quantitative estimate of drug-likeness (QED) is 0.797. The molecule has 1 aromatic carbocycles. The van der Waals surface area contributed by atoms with E-state index in [2.05, 4.69) is 39.8 Å². The van der Waals surface area contributed by atoms with Gasteiger partial charge in [-0.05, 0) is 24.5 Å². The number of carbonyl (C=O) groups is 1. The Labute approximate surface area is 124 Å². The molecule has 3 N–H and O–H groups in total. The van der Waals surface area contributed by atoms with E-state index in [4.69, 9.17) is 0 Å². The van der Waals surface area contributed by atoms with Gasteiger partial charge in [0.2, 0.25) is 5.91 Å². The van der Waals surface area contributed by atoms with Gasteiger partial charge in [0, 0.05) is 30.2 Å². The summed E-state index contributed by atoms with van der Waals surface area (Å²) in [7, 11) is 2.01. The van der Waals surface area contributed by atoms with Gasteiger partial charge in [-0.15, -0.1) is 0 Å². The van der Waals surface area contributed by atoms with Crippen molar-refractivity contribution in [1.82, 2.24) is 20.7 Å². The number of nitrogens with one attached hydrogen (secondary N) is 3. The van der Waals surface area contributed by atoms with Crippen molar-refractivity contribution in [2.24, 2.45) is 7.05 Å². The maximum absolute atomic E-state index is 12.2. The highest BCUT2D eigenvalue weighted by Crippen LogP contribution is 2.20. The number of nitrogens with zero attached hydrogens (tertiary/aromatic N) is 1. The Morgan fingerprint density at radius 3 is 2.95 bits per heavy atom. The van der Waals surface area contributed by atoms with Crippen LogP contribution in [0.1, 0.15) is 25.3 Å². The Bertz CT molecular complexity index is 649. The van der Waals surface area contributed by atoms with Crippen LogP contribution in [0.15, 0.2) is 30.5 Å². The number of benzene rings is 1. The number of aryl methyl sites for hydroxylation is 1. The summed E-state index contributed by atoms with van der Waals surface area (Å²) in [6.45, 7) is 2.14. The topological polar surface area (TPSA) is 58.1 Å². The van der Waals surface area contributed by atoms with E-state index in [1.165, 1.54) is 0 Å². The van der Waals surface area contributed by atoms with E-state index in [1.807, 2.05) is 25.4 Å². The Morgan fingerprint density at radius 1 is 1.38 bits per heavy atom. The Balaban J connectivity index is 1.67. The van der Waals surface area contributed by atoms with Crippen molar-refractivity contribution < 1.29 is 4.79 Å². The summed E-state index contributed by atoms with van der Waals surface area (Å²) >= 11 is 0. The molecular formula is C16H22N4O. The van der Waals surface area contributed by atoms with Crippen LogP contribution in [-0.4, -0.2) is 22.7 Å². The highest BCUT2D eigenvalue weighted by atomic mass is 16.1. The summed E-state index contributed by atoms with van der Waals surface area (Å²) in [4.78, 5) is 12.2. The number of hydrogen-bond donors (Lipinski definition) is 3. The van der Waals surface area contributed by atoms with E-state index in [-0.39, 0.29) is 12.1 Å². The van der Waals surface area contributed by atoms with Gasteiger partial charge in [-0.3, -0.25) is 10.2 Å². The van der Waals surface area contributed by atoms with Crippen LogP contribution in [0.4, 0.5) is 0 Å². The van der Waals surface area contributed by atoms with Gasteiger partial charge in [0.15, 0.2) is 0 Å². The van der Waals surface area contributed by atoms with Crippen molar-refractivity contribution in [2.45, 2.75) is 38.4 Å². The minimum absolute atomic E-state index is 0.0254. The predicted octanol–water partition coefficient (Wildman–Crippen LogP) is 1.44. The van der Waals surface area contributed by atoms with E-state index in [0.717, 1.165) is 29.3 Å². The highest BCUT2D eigenvalue weighted by molar-refractivity contribution is 5.89. The molecule has 5 nitrogen and oxygen atoms in total. The van der Waals surface area contributed by atoms with Gasteiger partial charge in [0.25, 0.3) is 0 Å². The van der Waals surface area contributed by atoms with Crippen LogP contribution >= 0.6 is 0 Å². The lowest BCUT2D eigenvalue weighted by Gasteiger charge is -2.11. The molecule has 1 saturated heterocycles. The third-order valence-corrected chi connectivity index (χ3v) is 4.14. The molecule has 2 unspecified atom stereocenters. The number of fused-ring (bicyclic) bond motifs is 1. The van der Waals surface area contributed by atoms with Crippen LogP contribution in [0.25, 0.3) is 10.9 Å². The average molecular weight is 286 g/mol. The first kappa shape index (κ1) is 14.1. The highest BCUT2D eigenvalue weighted by Gasteiger charge is 2.23. The molecule has 112 valence electrons. The third-order valence-electron chi connectivity index (χ3n) is 4.14. The van der Waals surface area contributed by atoms with E-state index >= 15 is 0 Å². The van der Waals surface area contributed by atoms with Crippen LogP contribution in [0.3, 0.4) is 0 Å². The number of hydrogen-bond acceptors (Lipinski definition) is 3. The van der Waals surface area contributed by atoms with Gasteiger partial charge in [-0.25, -0.2) is 5.43 Å². The fraction of sp³-hybridized carbons (Fsp3) is 0.438. The van der Waals surface area contributed by atoms with Crippen LogP contribution in [0, 0.1) is 0 Å². The van der Waals surface area contributed by atoms with Crippen LogP contribution in [-0.2, 0) is 18.3 Å². The molecule has 0 radical (unpaired) electrons. The molecule has 3 rings (SSSR count). The smallest absolute Gasteiger partial charge is 0.225 e. The minimum Gasteiger partial charge on any atom is -0.350 e. The number of hydrazine groups is 1. The molecule has 2 heterocycles. The second-order valence-corrected chi connectivity index (χ2v) is 5.71. The van der Waals surface area contributed by atoms with Gasteiger partial charge in [-0.1, -0.05) is 25.1 Å². The SMILES string of the molecule is CCC1CC(NC(=O)Cc2cn(C)c3ccccc23)NN1. The Hall–Kier alpha value is -1.85. The summed E-state index contributed by atoms with van der Waals surface area (Å²) in [6.07, 6.45) is 4.47. The lowest BCUT2D eigenvalue weighted by atomic mass is 10.1. The minimum atomic E-state index is 0.0254. The molecule has 1 aliphatic heterocycles. The maximum atomic E-state index is 12.2. The van der Waals surface area contributed by atoms with E-state index in [9.17, 15) is 4.79 Å². The third kappa shape index (κ3) is 2.94. The zero-order valence-electron chi connectivity index (χ0n) is 12.5. The molecule has 1 aromatic heterocycles. The largest absolute Gasteiger partial charge is 0.350 e. The van der Waals surface area contributed by atoms with E-state index in [0.29, 0.717) is 12.5 Å². The van der Waals surface area contributed by atoms with Crippen molar-refractivity contribution in [1.29, 1.82) is 0 Å². The molecule has 21 heavy (non-hydrogen) atoms. The summed E-state index contributed by atoms with van der Waals surface area (Å²) in [5.74, 6) is 0.0578. The number of para-hydroxylation sites is 1. The molecule has 1 fully saturated rings. The first-order valence-corrected chi connectivity index (χ1v) is 7.50. The van der Waals surface area contributed by atoms with E-state index < -0.39 is 0 Å². The summed E-state index contributed by atoms with van der Waals surface area (Å²) < 4.78 is 2.07. The van der Waals surface area contributed by atoms with Gasteiger partial charge in [0.1, 0.15) is 0 Å². The predicted molar refractivity (Wildman–Crippen MR) is 83.5 cm³/mol. The van der Waals surface area contributed by atoms with Gasteiger partial charge in [0.05, 0.1) is 12.6 Å². The molecule has 0 bridgehead atoms. The van der Waals surface area contributed by atoms with Crippen molar-refractivity contribution in [3.63, 3.8) is 0 Å². The lowest BCUT2D eigenvalue weighted by Crippen LogP contribution is -2.44. The van der Waals surface area contributed by atoms with Crippen molar-refractivity contribution >= 4 is 16.8 Å². The van der Waals surface area contributed by atoms with E-state index in [1.54, 1.807) is 0 Å². The molecular weight excluding hydrogens is 264 g/mol. The second-order valence-electron chi connectivity index (χ2n) is 5.71. The van der Waals surface area contributed by atoms with Gasteiger partial charge < -0.3 is 9.88 Å². The molecule has 5 heteroatoms. The summed E-state index contributed by atoms with van der Waals surface area (Å²) in [6, 6.07) is 8.61. The summed E-state index contributed by atoms with van der Waals surface area (Å²) in [5.41, 5.74) is 8.55. The van der Waals surface area contributed by atoms with Crippen molar-refractivity contribution in [2.75, 3.05) is 0 Å². The fourth-order valence-corrected chi connectivity index (χ4v) is 2.97. The second kappa shape index (κ2) is 5.87. The first-order chi connectivity index (χ1) is 10.2. The number of carbonyl (C=O) groups excluding carboxylic acids is 1. The van der Waals surface area contributed by atoms with Crippen LogP contribution in [0.2, 0.25) is 0 Å².